The Kier molecular flexibility index (Phi) is 6.65. The molecule has 2 fully saturated rings. The quantitative estimate of drug-likeness (QED) is 0.445. The summed E-state index contributed by atoms with van der Waals surface area (Å²) in [5, 5.41) is 18.9. The lowest BCUT2D eigenvalue weighted by Gasteiger charge is -2.44. The van der Waals surface area contributed by atoms with Gasteiger partial charge in [0, 0.05) is 36.4 Å². The molecule has 3 heterocycles. The maximum atomic E-state index is 12.4. The largest absolute Gasteiger partial charge is 0.352 e. The van der Waals surface area contributed by atoms with Crippen molar-refractivity contribution in [3.05, 3.63) is 76.6 Å². The Morgan fingerprint density at radius 1 is 1.06 bits per heavy atom. The van der Waals surface area contributed by atoms with Crippen molar-refractivity contribution in [2.24, 2.45) is 5.92 Å². The molecule has 0 spiro atoms. The number of anilines is 1. The lowest BCUT2D eigenvalue weighted by Crippen LogP contribution is -2.53. The van der Waals surface area contributed by atoms with Gasteiger partial charge in [0.2, 0.25) is 11.9 Å². The molecule has 8 nitrogen and oxygen atoms in total. The van der Waals surface area contributed by atoms with Crippen LogP contribution in [-0.4, -0.2) is 26.8 Å². The summed E-state index contributed by atoms with van der Waals surface area (Å²) in [5.74, 6) is 2.41. The van der Waals surface area contributed by atoms with Crippen molar-refractivity contribution >= 4 is 23.5 Å². The lowest BCUT2D eigenvalue weighted by molar-refractivity contribution is -0.121. The number of hydrogen-bond donors (Lipinski definition) is 3. The van der Waals surface area contributed by atoms with E-state index in [4.69, 9.17) is 11.6 Å². The Morgan fingerprint density at radius 2 is 1.86 bits per heavy atom. The maximum Gasteiger partial charge on any atom is 0.243 e. The fourth-order valence-electron chi connectivity index (χ4n) is 5.93. The molecule has 3 aliphatic rings. The second kappa shape index (κ2) is 10.2. The van der Waals surface area contributed by atoms with Gasteiger partial charge in [0.05, 0.1) is 0 Å². The Labute approximate surface area is 216 Å². The van der Waals surface area contributed by atoms with Crippen molar-refractivity contribution in [2.45, 2.75) is 69.9 Å². The van der Waals surface area contributed by atoms with Crippen molar-refractivity contribution in [3.8, 4) is 0 Å². The minimum atomic E-state index is 0.0508. The number of carbonyl (C=O) groups is 1. The first-order valence-corrected chi connectivity index (χ1v) is 13.4. The minimum Gasteiger partial charge on any atom is -0.352 e. The molecular weight excluding hydrogens is 474 g/mol. The smallest absolute Gasteiger partial charge is 0.243 e. The van der Waals surface area contributed by atoms with Gasteiger partial charge in [-0.15, -0.1) is 10.2 Å². The molecule has 4 unspecified atom stereocenters. The minimum absolute atomic E-state index is 0.0508. The Hall–Kier alpha value is -2.94. The third-order valence-electron chi connectivity index (χ3n) is 7.71. The van der Waals surface area contributed by atoms with Crippen LogP contribution in [0.1, 0.15) is 67.7 Å². The SMILES string of the molecule is O=C(CCCc1nnc2n1C1CCCCC1C1NC(c3ccccc3)NN21)NCc1ccc(Cl)cc1. The molecule has 1 amide bonds. The van der Waals surface area contributed by atoms with E-state index in [1.54, 1.807) is 0 Å². The number of aromatic nitrogens is 3. The van der Waals surface area contributed by atoms with Gasteiger partial charge in [-0.2, -0.15) is 0 Å². The van der Waals surface area contributed by atoms with Crippen LogP contribution in [0.15, 0.2) is 54.6 Å². The van der Waals surface area contributed by atoms with E-state index in [1.807, 2.05) is 30.3 Å². The van der Waals surface area contributed by atoms with E-state index < -0.39 is 0 Å². The molecule has 2 aliphatic heterocycles. The fourth-order valence-corrected chi connectivity index (χ4v) is 6.06. The van der Waals surface area contributed by atoms with Crippen LogP contribution < -0.4 is 21.1 Å². The molecule has 1 aliphatic carbocycles. The summed E-state index contributed by atoms with van der Waals surface area (Å²) in [6.45, 7) is 0.512. The van der Waals surface area contributed by atoms with Crippen molar-refractivity contribution in [1.82, 2.24) is 30.8 Å². The number of carbonyl (C=O) groups excluding carboxylic acids is 1. The van der Waals surface area contributed by atoms with Gasteiger partial charge in [-0.05, 0) is 42.5 Å². The number of rotatable bonds is 7. The summed E-state index contributed by atoms with van der Waals surface area (Å²) in [4.78, 5) is 12.4. The molecular formula is C27H32ClN7O. The van der Waals surface area contributed by atoms with E-state index in [0.29, 0.717) is 29.9 Å². The number of fused-ring (bicyclic) bond motifs is 6. The highest BCUT2D eigenvalue weighted by atomic mass is 35.5. The van der Waals surface area contributed by atoms with Crippen LogP contribution in [0.2, 0.25) is 5.02 Å². The van der Waals surface area contributed by atoms with E-state index in [2.05, 4.69) is 60.1 Å². The highest BCUT2D eigenvalue weighted by Gasteiger charge is 2.48. The summed E-state index contributed by atoms with van der Waals surface area (Å²) in [6.07, 6.45) is 7.00. The fraction of sp³-hybridized carbons (Fsp3) is 0.444. The normalized spacial score (nSPS) is 24.6. The number of benzene rings is 2. The van der Waals surface area contributed by atoms with Crippen LogP contribution in [0.3, 0.4) is 0 Å². The predicted molar refractivity (Wildman–Crippen MR) is 139 cm³/mol. The molecule has 0 bridgehead atoms. The van der Waals surface area contributed by atoms with Crippen molar-refractivity contribution in [2.75, 3.05) is 5.01 Å². The number of hydrogen-bond acceptors (Lipinski definition) is 6. The Morgan fingerprint density at radius 3 is 2.69 bits per heavy atom. The van der Waals surface area contributed by atoms with Gasteiger partial charge < -0.3 is 5.32 Å². The standard InChI is InChI=1S/C27H32ClN7O/c28-20-15-13-18(14-16-20)17-29-24(36)12-6-11-23-31-32-27-34(23)22-10-5-4-9-21(22)26-30-25(33-35(26)27)19-7-2-1-3-8-19/h1-3,7-8,13-16,21-22,25-26,30,33H,4-6,9-12,17H2,(H,29,36). The Bertz CT molecular complexity index is 1200. The van der Waals surface area contributed by atoms with Crippen LogP contribution in [0.5, 0.6) is 0 Å². The number of amides is 1. The van der Waals surface area contributed by atoms with Crippen LogP contribution in [0.4, 0.5) is 5.95 Å². The summed E-state index contributed by atoms with van der Waals surface area (Å²) in [6, 6.07) is 18.4. The van der Waals surface area contributed by atoms with E-state index in [0.717, 1.165) is 36.6 Å². The first kappa shape index (κ1) is 23.5. The predicted octanol–water partition coefficient (Wildman–Crippen LogP) is 4.25. The van der Waals surface area contributed by atoms with Gasteiger partial charge in [-0.3, -0.25) is 19.7 Å². The van der Waals surface area contributed by atoms with Crippen molar-refractivity contribution in [1.29, 1.82) is 0 Å². The molecule has 9 heteroatoms. The summed E-state index contributed by atoms with van der Waals surface area (Å²) < 4.78 is 2.36. The van der Waals surface area contributed by atoms with Gasteiger partial charge in [-0.25, -0.2) is 5.43 Å². The van der Waals surface area contributed by atoms with Gasteiger partial charge in [0.1, 0.15) is 18.2 Å². The monoisotopic (exact) mass is 505 g/mol. The summed E-state index contributed by atoms with van der Waals surface area (Å²) in [7, 11) is 0. The van der Waals surface area contributed by atoms with Gasteiger partial charge in [0.15, 0.2) is 0 Å². The maximum absolute atomic E-state index is 12.4. The molecule has 3 aromatic rings. The number of hydrazine groups is 1. The zero-order valence-corrected chi connectivity index (χ0v) is 21.0. The van der Waals surface area contributed by atoms with E-state index in [1.165, 1.54) is 24.8 Å². The topological polar surface area (TPSA) is 87.1 Å². The van der Waals surface area contributed by atoms with Gasteiger partial charge in [0.25, 0.3) is 0 Å². The molecule has 188 valence electrons. The highest BCUT2D eigenvalue weighted by Crippen LogP contribution is 2.45. The number of halogens is 1. The Balaban J connectivity index is 1.13. The first-order chi connectivity index (χ1) is 17.7. The molecule has 3 N–H and O–H groups in total. The zero-order valence-electron chi connectivity index (χ0n) is 20.2. The first-order valence-electron chi connectivity index (χ1n) is 13.0. The third kappa shape index (κ3) is 4.61. The summed E-state index contributed by atoms with van der Waals surface area (Å²) in [5.41, 5.74) is 5.91. The second-order valence-electron chi connectivity index (χ2n) is 10.0. The van der Waals surface area contributed by atoms with Crippen molar-refractivity contribution < 1.29 is 4.79 Å². The highest BCUT2D eigenvalue weighted by molar-refractivity contribution is 6.30. The number of aryl methyl sites for hydroxylation is 1. The molecule has 4 atom stereocenters. The van der Waals surface area contributed by atoms with E-state index in [9.17, 15) is 4.79 Å². The molecule has 36 heavy (non-hydrogen) atoms. The number of nitrogens with zero attached hydrogens (tertiary/aromatic N) is 4. The molecule has 1 saturated carbocycles. The van der Waals surface area contributed by atoms with Crippen LogP contribution in [0, 0.1) is 5.92 Å². The average molecular weight is 506 g/mol. The number of nitrogens with one attached hydrogen (secondary N) is 3. The van der Waals surface area contributed by atoms with Gasteiger partial charge in [-0.1, -0.05) is 66.9 Å². The lowest BCUT2D eigenvalue weighted by atomic mass is 9.81. The van der Waals surface area contributed by atoms with Crippen molar-refractivity contribution in [3.63, 3.8) is 0 Å². The van der Waals surface area contributed by atoms with Crippen LogP contribution >= 0.6 is 11.6 Å². The average Bonchev–Trinajstić information content (AvgIpc) is 3.54. The molecule has 1 saturated heterocycles. The molecule has 0 radical (unpaired) electrons. The molecule has 2 aromatic carbocycles. The second-order valence-corrected chi connectivity index (χ2v) is 10.4. The van der Waals surface area contributed by atoms with Crippen LogP contribution in [-0.2, 0) is 17.8 Å². The van der Waals surface area contributed by atoms with Gasteiger partial charge >= 0.3 is 0 Å². The third-order valence-corrected chi connectivity index (χ3v) is 7.96. The molecule has 1 aromatic heterocycles. The van der Waals surface area contributed by atoms with Crippen LogP contribution in [0.25, 0.3) is 0 Å². The summed E-state index contributed by atoms with van der Waals surface area (Å²) >= 11 is 5.94. The zero-order chi connectivity index (χ0) is 24.5. The molecule has 6 rings (SSSR count). The van der Waals surface area contributed by atoms with E-state index in [-0.39, 0.29) is 18.2 Å². The van der Waals surface area contributed by atoms with E-state index >= 15 is 0 Å².